The van der Waals surface area contributed by atoms with Crippen LogP contribution >= 0.6 is 0 Å². The first-order valence-electron chi connectivity index (χ1n) is 13.2. The minimum Gasteiger partial charge on any atom is -0.507 e. The number of hydrogen-bond acceptors (Lipinski definition) is 6. The van der Waals surface area contributed by atoms with Gasteiger partial charge in [-0.25, -0.2) is 0 Å². The molecule has 2 aromatic carbocycles. The minimum absolute atomic E-state index is 0.0817. The Balaban J connectivity index is 1.59. The zero-order valence-electron chi connectivity index (χ0n) is 22.6. The van der Waals surface area contributed by atoms with Gasteiger partial charge in [0, 0.05) is 38.2 Å². The molecule has 3 aromatic rings. The fourth-order valence-corrected chi connectivity index (χ4v) is 4.78. The minimum atomic E-state index is -0.309. The fourth-order valence-electron chi connectivity index (χ4n) is 4.78. The number of benzene rings is 2. The third kappa shape index (κ3) is 6.79. The molecule has 0 saturated heterocycles. The van der Waals surface area contributed by atoms with Crippen molar-refractivity contribution in [1.82, 2.24) is 15.5 Å². The molecule has 0 spiro atoms. The summed E-state index contributed by atoms with van der Waals surface area (Å²) in [6, 6.07) is 12.2. The Morgan fingerprint density at radius 3 is 2.49 bits per heavy atom. The molecule has 0 fully saturated rings. The molecule has 3 amide bonds. The van der Waals surface area contributed by atoms with Crippen LogP contribution in [0.25, 0.3) is 11.1 Å². The maximum atomic E-state index is 13.3. The van der Waals surface area contributed by atoms with Gasteiger partial charge in [-0.2, -0.15) is 0 Å². The molecule has 39 heavy (non-hydrogen) atoms. The standard InChI is InChI=1S/C30H35N3O6/c1-19-16-23(20(2)39-19)30(37)33-14-4-6-28(35)31-13-11-21-7-9-26(34)24(17-21)22-8-10-27(38-3)25(18-22)29(36)32-12-5-15-33/h7-10,16-18,34H,4-6,11-15H2,1-3H3,(H,31,35)(H,32,36). The number of phenols is 1. The molecule has 9 nitrogen and oxygen atoms in total. The van der Waals surface area contributed by atoms with Gasteiger partial charge < -0.3 is 29.8 Å². The lowest BCUT2D eigenvalue weighted by atomic mass is 9.98. The van der Waals surface area contributed by atoms with Crippen molar-refractivity contribution in [3.8, 4) is 22.6 Å². The van der Waals surface area contributed by atoms with E-state index in [4.69, 9.17) is 9.15 Å². The van der Waals surface area contributed by atoms with E-state index in [2.05, 4.69) is 10.6 Å². The smallest absolute Gasteiger partial charge is 0.257 e. The third-order valence-electron chi connectivity index (χ3n) is 6.83. The van der Waals surface area contributed by atoms with E-state index in [9.17, 15) is 19.5 Å². The Morgan fingerprint density at radius 1 is 0.949 bits per heavy atom. The van der Waals surface area contributed by atoms with Crippen molar-refractivity contribution in [2.75, 3.05) is 33.3 Å². The fraction of sp³-hybridized carbons (Fsp3) is 0.367. The Bertz CT molecular complexity index is 1360. The Kier molecular flexibility index (Phi) is 8.91. The number of nitrogens with one attached hydrogen (secondary N) is 2. The zero-order chi connectivity index (χ0) is 27.9. The Labute approximate surface area is 228 Å². The van der Waals surface area contributed by atoms with E-state index in [1.807, 2.05) is 12.1 Å². The topological polar surface area (TPSA) is 121 Å². The number of carbonyl (C=O) groups excluding carboxylic acids is 3. The van der Waals surface area contributed by atoms with Crippen molar-refractivity contribution in [3.63, 3.8) is 0 Å². The molecule has 4 rings (SSSR count). The molecule has 1 aliphatic heterocycles. The predicted molar refractivity (Wildman–Crippen MR) is 147 cm³/mol. The van der Waals surface area contributed by atoms with Crippen molar-refractivity contribution >= 4 is 17.7 Å². The number of methoxy groups -OCH3 is 1. The molecule has 206 valence electrons. The molecule has 0 radical (unpaired) electrons. The van der Waals surface area contributed by atoms with Gasteiger partial charge in [-0.3, -0.25) is 14.4 Å². The predicted octanol–water partition coefficient (Wildman–Crippen LogP) is 3.99. The summed E-state index contributed by atoms with van der Waals surface area (Å²) < 4.78 is 11.0. The van der Waals surface area contributed by atoms with Gasteiger partial charge in [-0.05, 0) is 74.6 Å². The zero-order valence-corrected chi connectivity index (χ0v) is 22.6. The first-order valence-corrected chi connectivity index (χ1v) is 13.2. The van der Waals surface area contributed by atoms with Crippen LogP contribution in [0, 0.1) is 13.8 Å². The summed E-state index contributed by atoms with van der Waals surface area (Å²) in [6.07, 6.45) is 1.89. The lowest BCUT2D eigenvalue weighted by Crippen LogP contribution is -2.36. The van der Waals surface area contributed by atoms with Gasteiger partial charge in [0.15, 0.2) is 0 Å². The second-order valence-corrected chi connectivity index (χ2v) is 9.70. The lowest BCUT2D eigenvalue weighted by molar-refractivity contribution is -0.121. The number of furan rings is 1. The number of phenolic OH excluding ortho intramolecular Hbond substituents is 1. The highest BCUT2D eigenvalue weighted by atomic mass is 16.5. The quantitative estimate of drug-likeness (QED) is 0.458. The number of nitrogens with zero attached hydrogens (tertiary/aromatic N) is 1. The number of fused-ring (bicyclic) bond motifs is 5. The molecule has 1 aliphatic rings. The lowest BCUT2D eigenvalue weighted by Gasteiger charge is -2.22. The van der Waals surface area contributed by atoms with Gasteiger partial charge in [0.2, 0.25) is 5.91 Å². The van der Waals surface area contributed by atoms with Crippen LogP contribution in [0.4, 0.5) is 0 Å². The second-order valence-electron chi connectivity index (χ2n) is 9.70. The van der Waals surface area contributed by atoms with Crippen molar-refractivity contribution in [3.05, 3.63) is 70.7 Å². The maximum Gasteiger partial charge on any atom is 0.257 e. The summed E-state index contributed by atoms with van der Waals surface area (Å²) in [7, 11) is 1.50. The molecule has 9 heteroatoms. The molecule has 1 aromatic heterocycles. The average Bonchev–Trinajstić information content (AvgIpc) is 3.27. The molecular weight excluding hydrogens is 498 g/mol. The van der Waals surface area contributed by atoms with Gasteiger partial charge in [0.1, 0.15) is 23.0 Å². The number of amides is 3. The highest BCUT2D eigenvalue weighted by molar-refractivity contribution is 5.98. The van der Waals surface area contributed by atoms with Gasteiger partial charge >= 0.3 is 0 Å². The monoisotopic (exact) mass is 533 g/mol. The summed E-state index contributed by atoms with van der Waals surface area (Å²) >= 11 is 0. The number of rotatable bonds is 2. The first kappa shape index (κ1) is 27.8. The Morgan fingerprint density at radius 2 is 1.74 bits per heavy atom. The van der Waals surface area contributed by atoms with Crippen LogP contribution in [0.5, 0.6) is 11.5 Å². The summed E-state index contributed by atoms with van der Waals surface area (Å²) in [5.41, 5.74) is 3.05. The highest BCUT2D eigenvalue weighted by Crippen LogP contribution is 2.33. The number of ether oxygens (including phenoxy) is 1. The number of carbonyl (C=O) groups is 3. The number of aromatic hydroxyl groups is 1. The molecular formula is C30H35N3O6. The van der Waals surface area contributed by atoms with Crippen LogP contribution in [0.1, 0.15) is 57.1 Å². The van der Waals surface area contributed by atoms with Crippen LogP contribution in [0.2, 0.25) is 0 Å². The summed E-state index contributed by atoms with van der Waals surface area (Å²) in [6.45, 7) is 5.14. The molecule has 0 atom stereocenters. The molecule has 0 saturated carbocycles. The van der Waals surface area contributed by atoms with E-state index in [-0.39, 0.29) is 29.9 Å². The highest BCUT2D eigenvalue weighted by Gasteiger charge is 2.21. The SMILES string of the molecule is COc1ccc2cc1C(=O)NCCCN(C(=O)c1cc(C)oc1C)CCCC(=O)NCCc1ccc(O)c-2c1. The molecule has 3 N–H and O–H groups in total. The van der Waals surface area contributed by atoms with Crippen molar-refractivity contribution in [1.29, 1.82) is 0 Å². The van der Waals surface area contributed by atoms with Gasteiger partial charge in [-0.1, -0.05) is 12.1 Å². The average molecular weight is 534 g/mol. The van der Waals surface area contributed by atoms with E-state index in [0.29, 0.717) is 85.0 Å². The largest absolute Gasteiger partial charge is 0.507 e. The van der Waals surface area contributed by atoms with E-state index >= 15 is 0 Å². The van der Waals surface area contributed by atoms with E-state index < -0.39 is 0 Å². The maximum absolute atomic E-state index is 13.3. The first-order chi connectivity index (χ1) is 18.8. The van der Waals surface area contributed by atoms with E-state index in [1.165, 1.54) is 7.11 Å². The van der Waals surface area contributed by atoms with Crippen LogP contribution < -0.4 is 15.4 Å². The number of hydrogen-bond donors (Lipinski definition) is 3. The molecule has 4 bridgehead atoms. The summed E-state index contributed by atoms with van der Waals surface area (Å²) in [5.74, 6) is 1.18. The second kappa shape index (κ2) is 12.5. The Hall–Kier alpha value is -4.27. The van der Waals surface area contributed by atoms with Crippen LogP contribution in [0.3, 0.4) is 0 Å². The van der Waals surface area contributed by atoms with Crippen LogP contribution in [-0.2, 0) is 11.2 Å². The van der Waals surface area contributed by atoms with Gasteiger partial charge in [0.05, 0.1) is 18.2 Å². The summed E-state index contributed by atoms with van der Waals surface area (Å²) in [5, 5.41) is 16.4. The van der Waals surface area contributed by atoms with E-state index in [1.54, 1.807) is 49.1 Å². The molecule has 0 unspecified atom stereocenters. The number of aryl methyl sites for hydroxylation is 2. The van der Waals surface area contributed by atoms with E-state index in [0.717, 1.165) is 5.56 Å². The molecule has 2 heterocycles. The van der Waals surface area contributed by atoms with Gasteiger partial charge in [0.25, 0.3) is 11.8 Å². The van der Waals surface area contributed by atoms with Crippen LogP contribution in [-0.4, -0.2) is 61.0 Å². The normalized spacial score (nSPS) is 15.4. The van der Waals surface area contributed by atoms with Crippen LogP contribution in [0.15, 0.2) is 46.9 Å². The van der Waals surface area contributed by atoms with Crippen molar-refractivity contribution < 1.29 is 28.6 Å². The van der Waals surface area contributed by atoms with Crippen molar-refractivity contribution in [2.24, 2.45) is 0 Å². The van der Waals surface area contributed by atoms with Gasteiger partial charge in [-0.15, -0.1) is 0 Å². The molecule has 0 aliphatic carbocycles. The van der Waals surface area contributed by atoms with Crippen molar-refractivity contribution in [2.45, 2.75) is 39.5 Å². The third-order valence-corrected chi connectivity index (χ3v) is 6.83. The summed E-state index contributed by atoms with van der Waals surface area (Å²) in [4.78, 5) is 40.6.